The second kappa shape index (κ2) is 4.89. The van der Waals surface area contributed by atoms with Crippen molar-refractivity contribution in [1.29, 1.82) is 0 Å². The molecule has 0 unspecified atom stereocenters. The molecule has 0 aromatic carbocycles. The fourth-order valence-corrected chi connectivity index (χ4v) is 1.26. The van der Waals surface area contributed by atoms with Gasteiger partial charge in [-0.15, -0.1) is 12.6 Å². The van der Waals surface area contributed by atoms with Crippen LogP contribution >= 0.6 is 12.6 Å². The van der Waals surface area contributed by atoms with Gasteiger partial charge in [0.25, 0.3) is 0 Å². The van der Waals surface area contributed by atoms with E-state index in [0.717, 1.165) is 21.7 Å². The summed E-state index contributed by atoms with van der Waals surface area (Å²) in [5.41, 5.74) is 14.7. The topological polar surface area (TPSA) is 64.9 Å². The normalized spacial score (nSPS) is 11.3. The molecule has 0 saturated carbocycles. The van der Waals surface area contributed by atoms with E-state index < -0.39 is 0 Å². The van der Waals surface area contributed by atoms with E-state index >= 15 is 0 Å². The fourth-order valence-electron chi connectivity index (χ4n) is 1.13. The third-order valence-electron chi connectivity index (χ3n) is 2.02. The van der Waals surface area contributed by atoms with Crippen molar-refractivity contribution >= 4 is 18.2 Å². The molecule has 0 fully saturated rings. The Morgan fingerprint density at radius 1 is 1.40 bits per heavy atom. The molecule has 1 aromatic rings. The van der Waals surface area contributed by atoms with Crippen LogP contribution < -0.4 is 11.5 Å². The molecule has 0 atom stereocenters. The molecule has 1 heterocycles. The Kier molecular flexibility index (Phi) is 3.80. The van der Waals surface area contributed by atoms with Gasteiger partial charge >= 0.3 is 0 Å². The molecule has 0 aliphatic heterocycles. The Hall–Kier alpha value is -1.42. The number of thiol groups is 1. The zero-order valence-electron chi connectivity index (χ0n) is 8.86. The minimum atomic E-state index is 0.664. The lowest BCUT2D eigenvalue weighted by Crippen LogP contribution is -2.06. The van der Waals surface area contributed by atoms with Gasteiger partial charge in [-0.1, -0.05) is 5.57 Å². The van der Waals surface area contributed by atoms with E-state index in [0.29, 0.717) is 5.70 Å². The number of nitrogens with two attached hydrogens (primary N) is 2. The third kappa shape index (κ3) is 2.76. The molecule has 0 radical (unpaired) electrons. The van der Waals surface area contributed by atoms with Crippen LogP contribution in [0.3, 0.4) is 0 Å². The molecule has 15 heavy (non-hydrogen) atoms. The van der Waals surface area contributed by atoms with Crippen molar-refractivity contribution in [1.82, 2.24) is 4.98 Å². The molecule has 80 valence electrons. The summed E-state index contributed by atoms with van der Waals surface area (Å²) in [5, 5.41) is 0. The highest BCUT2D eigenvalue weighted by Crippen LogP contribution is 2.19. The number of nitrogens with zero attached hydrogens (tertiary/aromatic N) is 1. The van der Waals surface area contributed by atoms with Crippen LogP contribution in [-0.2, 0) is 0 Å². The van der Waals surface area contributed by atoms with Crippen LogP contribution in [0.2, 0.25) is 0 Å². The van der Waals surface area contributed by atoms with Gasteiger partial charge in [0, 0.05) is 28.6 Å². The highest BCUT2D eigenvalue weighted by Gasteiger charge is 2.06. The molecular weight excluding hydrogens is 206 g/mol. The monoisotopic (exact) mass is 221 g/mol. The molecule has 4 heteroatoms. The molecular formula is C11H15N3S. The zero-order valence-corrected chi connectivity index (χ0v) is 9.75. The molecule has 3 nitrogen and oxygen atoms in total. The minimum Gasteiger partial charge on any atom is -0.404 e. The molecule has 0 bridgehead atoms. The molecule has 0 spiro atoms. The molecule has 1 aromatic heterocycles. The van der Waals surface area contributed by atoms with Crippen molar-refractivity contribution in [2.45, 2.75) is 18.7 Å². The van der Waals surface area contributed by atoms with Gasteiger partial charge in [0.05, 0.1) is 5.69 Å². The Balaban J connectivity index is 3.16. The minimum absolute atomic E-state index is 0.664. The molecule has 0 aliphatic carbocycles. The number of rotatable bonds is 2. The van der Waals surface area contributed by atoms with Crippen LogP contribution in [0.4, 0.5) is 0 Å². The van der Waals surface area contributed by atoms with Crippen LogP contribution in [0.15, 0.2) is 40.7 Å². The third-order valence-corrected chi connectivity index (χ3v) is 2.28. The lowest BCUT2D eigenvalue weighted by molar-refractivity contribution is 1.17. The number of hydrogen-bond donors (Lipinski definition) is 3. The maximum Gasteiger partial charge on any atom is 0.0738 e. The Morgan fingerprint density at radius 3 is 2.47 bits per heavy atom. The van der Waals surface area contributed by atoms with E-state index in [4.69, 9.17) is 11.5 Å². The molecule has 0 aliphatic rings. The van der Waals surface area contributed by atoms with Gasteiger partial charge in [-0.25, -0.2) is 0 Å². The lowest BCUT2D eigenvalue weighted by Gasteiger charge is -2.08. The van der Waals surface area contributed by atoms with Crippen LogP contribution in [0, 0.1) is 0 Å². The second-order valence-corrected chi connectivity index (χ2v) is 3.91. The highest BCUT2D eigenvalue weighted by molar-refractivity contribution is 7.80. The Labute approximate surface area is 95.3 Å². The number of allylic oxidation sites excluding steroid dienone is 2. The van der Waals surface area contributed by atoms with Gasteiger partial charge in [0.2, 0.25) is 0 Å². The average molecular weight is 221 g/mol. The van der Waals surface area contributed by atoms with Gasteiger partial charge in [-0.05, 0) is 26.0 Å². The quantitative estimate of drug-likeness (QED) is 0.528. The zero-order chi connectivity index (χ0) is 11.4. The highest BCUT2D eigenvalue weighted by atomic mass is 32.1. The Bertz CT molecular complexity index is 400. The Morgan fingerprint density at radius 2 is 2.07 bits per heavy atom. The molecule has 0 saturated heterocycles. The summed E-state index contributed by atoms with van der Waals surface area (Å²) in [7, 11) is 0. The van der Waals surface area contributed by atoms with Crippen molar-refractivity contribution < 1.29 is 0 Å². The summed E-state index contributed by atoms with van der Waals surface area (Å²) < 4.78 is 0. The van der Waals surface area contributed by atoms with Crippen molar-refractivity contribution in [2.24, 2.45) is 11.5 Å². The smallest absolute Gasteiger partial charge is 0.0738 e. The molecule has 0 amide bonds. The maximum absolute atomic E-state index is 5.91. The number of aromatic nitrogens is 1. The van der Waals surface area contributed by atoms with Crippen molar-refractivity contribution in [3.8, 4) is 0 Å². The summed E-state index contributed by atoms with van der Waals surface area (Å²) in [4.78, 5) is 5.03. The van der Waals surface area contributed by atoms with Crippen LogP contribution in [-0.4, -0.2) is 4.98 Å². The van der Waals surface area contributed by atoms with E-state index in [1.165, 1.54) is 6.20 Å². The first kappa shape index (κ1) is 11.7. The fraction of sp³-hybridized carbons (Fsp3) is 0.182. The first-order valence-corrected chi connectivity index (χ1v) is 5.01. The summed E-state index contributed by atoms with van der Waals surface area (Å²) in [6.07, 6.45) is 3.14. The van der Waals surface area contributed by atoms with Gasteiger partial charge < -0.3 is 11.5 Å². The van der Waals surface area contributed by atoms with E-state index in [1.807, 2.05) is 26.0 Å². The summed E-state index contributed by atoms with van der Waals surface area (Å²) in [6.45, 7) is 3.87. The van der Waals surface area contributed by atoms with E-state index in [2.05, 4.69) is 17.6 Å². The number of pyridine rings is 1. The summed E-state index contributed by atoms with van der Waals surface area (Å²) in [5.74, 6) is 0. The summed E-state index contributed by atoms with van der Waals surface area (Å²) in [6, 6.07) is 3.70. The SMILES string of the molecule is CC(C)=C(N)/C(=C/N)c1ccc(S)cn1. The first-order chi connectivity index (χ1) is 7.06. The average Bonchev–Trinajstić information content (AvgIpc) is 2.21. The van der Waals surface area contributed by atoms with Crippen LogP contribution in [0.25, 0.3) is 5.57 Å². The molecule has 1 rings (SSSR count). The standard InChI is InChI=1S/C11H15N3S/c1-7(2)11(13)9(5-12)10-4-3-8(15)6-14-10/h3-6,15H,12-13H2,1-2H3/b9-5+. The predicted octanol–water partition coefficient (Wildman–Crippen LogP) is 1.92. The van der Waals surface area contributed by atoms with E-state index in [9.17, 15) is 0 Å². The van der Waals surface area contributed by atoms with Gasteiger partial charge in [-0.2, -0.15) is 0 Å². The van der Waals surface area contributed by atoms with Crippen molar-refractivity contribution in [3.05, 3.63) is 41.5 Å². The maximum atomic E-state index is 5.91. The van der Waals surface area contributed by atoms with Gasteiger partial charge in [-0.3, -0.25) is 4.98 Å². The van der Waals surface area contributed by atoms with E-state index in [-0.39, 0.29) is 0 Å². The number of hydrogen-bond acceptors (Lipinski definition) is 4. The predicted molar refractivity (Wildman–Crippen MR) is 66.2 cm³/mol. The largest absolute Gasteiger partial charge is 0.404 e. The van der Waals surface area contributed by atoms with Gasteiger partial charge in [0.15, 0.2) is 0 Å². The van der Waals surface area contributed by atoms with Crippen molar-refractivity contribution in [2.75, 3.05) is 0 Å². The van der Waals surface area contributed by atoms with Crippen LogP contribution in [0.1, 0.15) is 19.5 Å². The molecule has 4 N–H and O–H groups in total. The van der Waals surface area contributed by atoms with Crippen LogP contribution in [0.5, 0.6) is 0 Å². The first-order valence-electron chi connectivity index (χ1n) is 4.57. The van der Waals surface area contributed by atoms with Gasteiger partial charge in [0.1, 0.15) is 0 Å². The van der Waals surface area contributed by atoms with Crippen molar-refractivity contribution in [3.63, 3.8) is 0 Å². The summed E-state index contributed by atoms with van der Waals surface area (Å²) >= 11 is 4.17. The lowest BCUT2D eigenvalue weighted by atomic mass is 10.1. The van der Waals surface area contributed by atoms with E-state index in [1.54, 1.807) is 6.20 Å². The second-order valence-electron chi connectivity index (χ2n) is 3.40.